The summed E-state index contributed by atoms with van der Waals surface area (Å²) in [7, 11) is 0. The zero-order valence-corrected chi connectivity index (χ0v) is 7.97. The Kier molecular flexibility index (Phi) is 2.27. The van der Waals surface area contributed by atoms with Crippen LogP contribution in [0.5, 0.6) is 0 Å². The number of anilines is 1. The summed E-state index contributed by atoms with van der Waals surface area (Å²) in [6.07, 6.45) is 1.56. The third-order valence-electron chi connectivity index (χ3n) is 1.53. The van der Waals surface area contributed by atoms with Crippen LogP contribution < -0.4 is 5.32 Å². The van der Waals surface area contributed by atoms with Crippen LogP contribution >= 0.6 is 11.3 Å². The van der Waals surface area contributed by atoms with Gasteiger partial charge in [0.25, 0.3) is 0 Å². The molecular formula is C8H9N3OS. The zero-order chi connectivity index (χ0) is 9.10. The standard InChI is InChI=1S/C8H9N3OS/c1-6-5-13-8(10-6)9-4-7-2-3-12-11-7/h2-3,5H,4H2,1H3,(H,9,10). The number of aromatic nitrogens is 2. The topological polar surface area (TPSA) is 51.0 Å². The van der Waals surface area contributed by atoms with E-state index in [0.717, 1.165) is 16.5 Å². The van der Waals surface area contributed by atoms with Crippen molar-refractivity contribution >= 4 is 16.5 Å². The quantitative estimate of drug-likeness (QED) is 0.814. The van der Waals surface area contributed by atoms with Gasteiger partial charge in [-0.25, -0.2) is 4.98 Å². The van der Waals surface area contributed by atoms with Crippen LogP contribution in [0.4, 0.5) is 5.13 Å². The smallest absolute Gasteiger partial charge is 0.183 e. The van der Waals surface area contributed by atoms with Crippen LogP contribution in [-0.2, 0) is 6.54 Å². The Morgan fingerprint density at radius 2 is 2.54 bits per heavy atom. The first-order valence-corrected chi connectivity index (χ1v) is 4.78. The van der Waals surface area contributed by atoms with Gasteiger partial charge in [0, 0.05) is 11.4 Å². The third kappa shape index (κ3) is 2.06. The summed E-state index contributed by atoms with van der Waals surface area (Å²) in [5.74, 6) is 0. The number of aryl methyl sites for hydroxylation is 1. The summed E-state index contributed by atoms with van der Waals surface area (Å²) in [4.78, 5) is 4.26. The van der Waals surface area contributed by atoms with Crippen molar-refractivity contribution in [1.29, 1.82) is 0 Å². The minimum absolute atomic E-state index is 0.656. The molecule has 2 rings (SSSR count). The normalized spacial score (nSPS) is 10.2. The number of thiazole rings is 1. The van der Waals surface area contributed by atoms with E-state index in [9.17, 15) is 0 Å². The van der Waals surface area contributed by atoms with E-state index >= 15 is 0 Å². The first kappa shape index (κ1) is 8.25. The van der Waals surface area contributed by atoms with Crippen LogP contribution in [0.15, 0.2) is 22.2 Å². The predicted octanol–water partition coefficient (Wildman–Crippen LogP) is 2.05. The Labute approximate surface area is 79.6 Å². The second-order valence-corrected chi connectivity index (χ2v) is 3.50. The van der Waals surface area contributed by atoms with E-state index in [0.29, 0.717) is 6.54 Å². The lowest BCUT2D eigenvalue weighted by Crippen LogP contribution is -1.98. The number of nitrogens with zero attached hydrogens (tertiary/aromatic N) is 2. The molecule has 0 amide bonds. The summed E-state index contributed by atoms with van der Waals surface area (Å²) in [5, 5.41) is 9.85. The van der Waals surface area contributed by atoms with E-state index in [1.54, 1.807) is 17.6 Å². The summed E-state index contributed by atoms with van der Waals surface area (Å²) < 4.78 is 4.70. The largest absolute Gasteiger partial charge is 0.364 e. The molecule has 0 fully saturated rings. The minimum Gasteiger partial charge on any atom is -0.364 e. The molecule has 1 N–H and O–H groups in total. The minimum atomic E-state index is 0.656. The van der Waals surface area contributed by atoms with Crippen molar-refractivity contribution in [1.82, 2.24) is 10.1 Å². The highest BCUT2D eigenvalue weighted by atomic mass is 32.1. The molecule has 13 heavy (non-hydrogen) atoms. The van der Waals surface area contributed by atoms with Crippen LogP contribution in [-0.4, -0.2) is 10.1 Å². The third-order valence-corrected chi connectivity index (χ3v) is 2.45. The van der Waals surface area contributed by atoms with E-state index in [4.69, 9.17) is 4.52 Å². The fraction of sp³-hybridized carbons (Fsp3) is 0.250. The van der Waals surface area contributed by atoms with Crippen molar-refractivity contribution in [3.63, 3.8) is 0 Å². The van der Waals surface area contributed by atoms with E-state index in [2.05, 4.69) is 15.5 Å². The van der Waals surface area contributed by atoms with Crippen molar-refractivity contribution in [2.75, 3.05) is 5.32 Å². The van der Waals surface area contributed by atoms with Gasteiger partial charge in [0.15, 0.2) is 5.13 Å². The van der Waals surface area contributed by atoms with E-state index < -0.39 is 0 Å². The molecule has 2 aromatic heterocycles. The monoisotopic (exact) mass is 195 g/mol. The molecule has 0 saturated heterocycles. The van der Waals surface area contributed by atoms with Gasteiger partial charge < -0.3 is 9.84 Å². The summed E-state index contributed by atoms with van der Waals surface area (Å²) in [6, 6.07) is 1.83. The van der Waals surface area contributed by atoms with Crippen LogP contribution in [0.25, 0.3) is 0 Å². The van der Waals surface area contributed by atoms with Crippen molar-refractivity contribution in [2.45, 2.75) is 13.5 Å². The lowest BCUT2D eigenvalue weighted by Gasteiger charge is -1.96. The van der Waals surface area contributed by atoms with E-state index in [-0.39, 0.29) is 0 Å². The maximum atomic E-state index is 4.70. The Morgan fingerprint density at radius 1 is 1.62 bits per heavy atom. The van der Waals surface area contributed by atoms with Crippen LogP contribution in [0.1, 0.15) is 11.4 Å². The molecule has 0 aliphatic heterocycles. The average molecular weight is 195 g/mol. The Balaban J connectivity index is 1.93. The van der Waals surface area contributed by atoms with Gasteiger partial charge in [-0.2, -0.15) is 0 Å². The first-order valence-electron chi connectivity index (χ1n) is 3.90. The molecule has 0 aromatic carbocycles. The van der Waals surface area contributed by atoms with Gasteiger partial charge in [-0.3, -0.25) is 0 Å². The lowest BCUT2D eigenvalue weighted by atomic mass is 10.4. The molecule has 0 aliphatic carbocycles. The highest BCUT2D eigenvalue weighted by molar-refractivity contribution is 7.13. The number of hydrogen-bond donors (Lipinski definition) is 1. The lowest BCUT2D eigenvalue weighted by molar-refractivity contribution is 0.412. The second kappa shape index (κ2) is 3.57. The van der Waals surface area contributed by atoms with Crippen LogP contribution in [0.2, 0.25) is 0 Å². The molecule has 0 unspecified atom stereocenters. The van der Waals surface area contributed by atoms with Crippen LogP contribution in [0, 0.1) is 6.92 Å². The highest BCUT2D eigenvalue weighted by Gasteiger charge is 1.99. The maximum Gasteiger partial charge on any atom is 0.183 e. The summed E-state index contributed by atoms with van der Waals surface area (Å²) in [6.45, 7) is 2.63. The summed E-state index contributed by atoms with van der Waals surface area (Å²) >= 11 is 1.59. The SMILES string of the molecule is Cc1csc(NCc2ccon2)n1. The molecule has 0 radical (unpaired) electrons. The Morgan fingerprint density at radius 3 is 3.15 bits per heavy atom. The van der Waals surface area contributed by atoms with Crippen molar-refractivity contribution < 1.29 is 4.52 Å². The van der Waals surface area contributed by atoms with Gasteiger partial charge in [0.1, 0.15) is 12.0 Å². The molecule has 0 atom stereocenters. The molecular weight excluding hydrogens is 186 g/mol. The fourth-order valence-electron chi connectivity index (χ4n) is 0.930. The molecule has 4 nitrogen and oxygen atoms in total. The van der Waals surface area contributed by atoms with Gasteiger partial charge in [0.2, 0.25) is 0 Å². The molecule has 0 spiro atoms. The highest BCUT2D eigenvalue weighted by Crippen LogP contribution is 2.14. The maximum absolute atomic E-state index is 4.70. The number of hydrogen-bond acceptors (Lipinski definition) is 5. The molecule has 0 saturated carbocycles. The van der Waals surface area contributed by atoms with Crippen LogP contribution in [0.3, 0.4) is 0 Å². The van der Waals surface area contributed by atoms with E-state index in [1.165, 1.54) is 0 Å². The molecule has 2 heterocycles. The Bertz CT molecular complexity index is 368. The molecule has 68 valence electrons. The van der Waals surface area contributed by atoms with E-state index in [1.807, 2.05) is 18.4 Å². The van der Waals surface area contributed by atoms with Gasteiger partial charge >= 0.3 is 0 Å². The predicted molar refractivity (Wildman–Crippen MR) is 50.7 cm³/mol. The van der Waals surface area contributed by atoms with Gasteiger partial charge in [-0.15, -0.1) is 11.3 Å². The molecule has 0 aliphatic rings. The fourth-order valence-corrected chi connectivity index (χ4v) is 1.62. The van der Waals surface area contributed by atoms with Gasteiger partial charge in [-0.05, 0) is 6.92 Å². The van der Waals surface area contributed by atoms with Gasteiger partial charge in [0.05, 0.1) is 12.2 Å². The molecule has 5 heteroatoms. The summed E-state index contributed by atoms with van der Waals surface area (Å²) in [5.41, 5.74) is 1.92. The Hall–Kier alpha value is -1.36. The zero-order valence-electron chi connectivity index (χ0n) is 7.15. The second-order valence-electron chi connectivity index (χ2n) is 2.64. The van der Waals surface area contributed by atoms with Gasteiger partial charge in [-0.1, -0.05) is 5.16 Å². The first-order chi connectivity index (χ1) is 6.34. The molecule has 2 aromatic rings. The number of rotatable bonds is 3. The van der Waals surface area contributed by atoms with Crippen molar-refractivity contribution in [3.8, 4) is 0 Å². The molecule has 0 bridgehead atoms. The van der Waals surface area contributed by atoms with Crippen molar-refractivity contribution in [2.24, 2.45) is 0 Å². The average Bonchev–Trinajstić information content (AvgIpc) is 2.71. The number of nitrogens with one attached hydrogen (secondary N) is 1. The van der Waals surface area contributed by atoms with Crippen molar-refractivity contribution in [3.05, 3.63) is 29.1 Å².